The molecule has 0 aromatic carbocycles. The Kier molecular flexibility index (Phi) is 40.3. The van der Waals surface area contributed by atoms with Crippen molar-refractivity contribution in [2.75, 3.05) is 13.2 Å². The van der Waals surface area contributed by atoms with Crippen LogP contribution in [0.4, 0.5) is 0 Å². The molecule has 0 aliphatic carbocycles. The molecule has 0 rings (SSSR count). The van der Waals surface area contributed by atoms with E-state index in [1.54, 1.807) is 0 Å². The molecular formula is C47H90O6. The Labute approximate surface area is 329 Å². The zero-order valence-electron chi connectivity index (χ0n) is 36.0. The third kappa shape index (κ3) is 41.4. The van der Waals surface area contributed by atoms with Crippen molar-refractivity contribution in [2.24, 2.45) is 5.92 Å². The summed E-state index contributed by atoms with van der Waals surface area (Å²) in [6, 6.07) is 0. The fourth-order valence-electron chi connectivity index (χ4n) is 6.98. The number of hydrogen-bond acceptors (Lipinski definition) is 6. The zero-order valence-corrected chi connectivity index (χ0v) is 36.0. The van der Waals surface area contributed by atoms with Gasteiger partial charge >= 0.3 is 17.9 Å². The predicted molar refractivity (Wildman–Crippen MR) is 224 cm³/mol. The van der Waals surface area contributed by atoms with Crippen molar-refractivity contribution in [2.45, 2.75) is 265 Å². The van der Waals surface area contributed by atoms with E-state index < -0.39 is 6.10 Å². The zero-order chi connectivity index (χ0) is 38.9. The van der Waals surface area contributed by atoms with Gasteiger partial charge in [0.15, 0.2) is 6.10 Å². The Morgan fingerprint density at radius 1 is 0.358 bits per heavy atom. The smallest absolute Gasteiger partial charge is 0.306 e. The fraction of sp³-hybridized carbons (Fsp3) is 0.936. The van der Waals surface area contributed by atoms with E-state index in [2.05, 4.69) is 27.7 Å². The number of esters is 3. The Balaban J connectivity index is 4.32. The van der Waals surface area contributed by atoms with E-state index in [0.29, 0.717) is 19.3 Å². The van der Waals surface area contributed by atoms with Crippen LogP contribution in [0.15, 0.2) is 0 Å². The van der Waals surface area contributed by atoms with Crippen molar-refractivity contribution in [3.63, 3.8) is 0 Å². The fourth-order valence-corrected chi connectivity index (χ4v) is 6.98. The molecule has 0 saturated heterocycles. The minimum atomic E-state index is -0.759. The summed E-state index contributed by atoms with van der Waals surface area (Å²) in [4.78, 5) is 37.7. The SMILES string of the molecule is CCCCCCCCCCCCCCCC(=O)OC[C@H](COC(=O)CCCCCCCCCCCCC)OC(=O)CCCCCCCCCCC(C)C. The second-order valence-electron chi connectivity index (χ2n) is 16.5. The molecule has 0 radical (unpaired) electrons. The molecule has 0 aliphatic heterocycles. The highest BCUT2D eigenvalue weighted by Crippen LogP contribution is 2.16. The highest BCUT2D eigenvalue weighted by Gasteiger charge is 2.19. The van der Waals surface area contributed by atoms with Gasteiger partial charge in [-0.3, -0.25) is 14.4 Å². The summed E-state index contributed by atoms with van der Waals surface area (Å²) in [5.41, 5.74) is 0. The van der Waals surface area contributed by atoms with Crippen LogP contribution in [-0.4, -0.2) is 37.2 Å². The normalized spacial score (nSPS) is 11.9. The molecule has 0 bridgehead atoms. The highest BCUT2D eigenvalue weighted by molar-refractivity contribution is 5.71. The van der Waals surface area contributed by atoms with Crippen LogP contribution in [0.25, 0.3) is 0 Å². The maximum Gasteiger partial charge on any atom is 0.306 e. The monoisotopic (exact) mass is 751 g/mol. The number of rotatable bonds is 42. The van der Waals surface area contributed by atoms with Gasteiger partial charge in [0.05, 0.1) is 0 Å². The van der Waals surface area contributed by atoms with E-state index in [9.17, 15) is 14.4 Å². The second-order valence-corrected chi connectivity index (χ2v) is 16.5. The van der Waals surface area contributed by atoms with Crippen LogP contribution >= 0.6 is 0 Å². The summed E-state index contributed by atoms with van der Waals surface area (Å²) >= 11 is 0. The van der Waals surface area contributed by atoms with Crippen molar-refractivity contribution in [1.29, 1.82) is 0 Å². The molecule has 0 fully saturated rings. The topological polar surface area (TPSA) is 78.9 Å². The molecule has 0 amide bonds. The van der Waals surface area contributed by atoms with Gasteiger partial charge in [-0.1, -0.05) is 220 Å². The average Bonchev–Trinajstić information content (AvgIpc) is 3.14. The lowest BCUT2D eigenvalue weighted by molar-refractivity contribution is -0.167. The molecule has 314 valence electrons. The van der Waals surface area contributed by atoms with Crippen molar-refractivity contribution in [3.05, 3.63) is 0 Å². The minimum Gasteiger partial charge on any atom is -0.462 e. The number of ether oxygens (including phenoxy) is 3. The van der Waals surface area contributed by atoms with Crippen LogP contribution in [-0.2, 0) is 28.6 Å². The molecule has 0 aliphatic rings. The van der Waals surface area contributed by atoms with Gasteiger partial charge in [-0.2, -0.15) is 0 Å². The Bertz CT molecular complexity index is 796. The molecule has 0 spiro atoms. The first-order valence-electron chi connectivity index (χ1n) is 23.4. The highest BCUT2D eigenvalue weighted by atomic mass is 16.6. The van der Waals surface area contributed by atoms with Gasteiger partial charge in [0.1, 0.15) is 13.2 Å². The number of hydrogen-bond donors (Lipinski definition) is 0. The molecule has 1 atom stereocenters. The van der Waals surface area contributed by atoms with Crippen molar-refractivity contribution in [1.82, 2.24) is 0 Å². The van der Waals surface area contributed by atoms with Gasteiger partial charge in [0, 0.05) is 19.3 Å². The Morgan fingerprint density at radius 2 is 0.623 bits per heavy atom. The van der Waals surface area contributed by atoms with E-state index >= 15 is 0 Å². The first kappa shape index (κ1) is 51.4. The number of carbonyl (C=O) groups is 3. The largest absolute Gasteiger partial charge is 0.462 e. The third-order valence-electron chi connectivity index (χ3n) is 10.5. The van der Waals surface area contributed by atoms with Gasteiger partial charge in [0.2, 0.25) is 0 Å². The Morgan fingerprint density at radius 3 is 0.925 bits per heavy atom. The van der Waals surface area contributed by atoms with Gasteiger partial charge in [0.25, 0.3) is 0 Å². The van der Waals surface area contributed by atoms with Gasteiger partial charge in [-0.25, -0.2) is 0 Å². The molecular weight excluding hydrogens is 661 g/mol. The molecule has 0 N–H and O–H groups in total. The van der Waals surface area contributed by atoms with Crippen molar-refractivity contribution < 1.29 is 28.6 Å². The molecule has 0 aromatic rings. The lowest BCUT2D eigenvalue weighted by Crippen LogP contribution is -2.30. The van der Waals surface area contributed by atoms with E-state index in [4.69, 9.17) is 14.2 Å². The van der Waals surface area contributed by atoms with Crippen LogP contribution in [0.1, 0.15) is 259 Å². The van der Waals surface area contributed by atoms with Crippen molar-refractivity contribution in [3.8, 4) is 0 Å². The van der Waals surface area contributed by atoms with Gasteiger partial charge < -0.3 is 14.2 Å². The first-order valence-corrected chi connectivity index (χ1v) is 23.4. The average molecular weight is 751 g/mol. The summed E-state index contributed by atoms with van der Waals surface area (Å²) in [7, 11) is 0. The Hall–Kier alpha value is -1.59. The molecule has 6 nitrogen and oxygen atoms in total. The first-order chi connectivity index (χ1) is 25.9. The maximum atomic E-state index is 12.7. The van der Waals surface area contributed by atoms with Crippen LogP contribution in [0.3, 0.4) is 0 Å². The second kappa shape index (κ2) is 41.6. The van der Waals surface area contributed by atoms with Crippen LogP contribution in [0.5, 0.6) is 0 Å². The summed E-state index contributed by atoms with van der Waals surface area (Å²) in [6.45, 7) is 8.96. The molecule has 0 unspecified atom stereocenters. The lowest BCUT2D eigenvalue weighted by Gasteiger charge is -2.18. The van der Waals surface area contributed by atoms with Crippen molar-refractivity contribution >= 4 is 17.9 Å². The third-order valence-corrected chi connectivity index (χ3v) is 10.5. The van der Waals surface area contributed by atoms with E-state index in [0.717, 1.165) is 63.7 Å². The molecule has 0 aromatic heterocycles. The molecule has 6 heteroatoms. The van der Waals surface area contributed by atoms with E-state index in [1.165, 1.54) is 154 Å². The summed E-state index contributed by atoms with van der Waals surface area (Å²) in [6.07, 6.45) is 40.8. The molecule has 53 heavy (non-hydrogen) atoms. The van der Waals surface area contributed by atoms with Crippen LogP contribution < -0.4 is 0 Å². The minimum absolute atomic E-state index is 0.0639. The standard InChI is InChI=1S/C47H90O6/c1-5-7-9-11-13-15-17-18-20-22-27-31-35-39-46(49)52-42-44(53-47(50)40-36-32-28-24-23-25-29-33-37-43(3)4)41-51-45(48)38-34-30-26-21-19-16-14-12-10-8-6-2/h43-44H,5-42H2,1-4H3/t44-/m0/s1. The summed E-state index contributed by atoms with van der Waals surface area (Å²) < 4.78 is 16.7. The molecule has 0 heterocycles. The molecule has 0 saturated carbocycles. The van der Waals surface area contributed by atoms with Crippen LogP contribution in [0, 0.1) is 5.92 Å². The number of carbonyl (C=O) groups excluding carboxylic acids is 3. The van der Waals surface area contributed by atoms with Gasteiger partial charge in [-0.15, -0.1) is 0 Å². The number of unbranched alkanes of at least 4 members (excludes halogenated alkanes) is 29. The summed E-state index contributed by atoms with van der Waals surface area (Å²) in [5.74, 6) is -0.0608. The van der Waals surface area contributed by atoms with Gasteiger partial charge in [-0.05, 0) is 25.2 Å². The quantitative estimate of drug-likeness (QED) is 0.0351. The van der Waals surface area contributed by atoms with E-state index in [-0.39, 0.29) is 31.1 Å². The summed E-state index contributed by atoms with van der Waals surface area (Å²) in [5, 5.41) is 0. The van der Waals surface area contributed by atoms with E-state index in [1.807, 2.05) is 0 Å². The van der Waals surface area contributed by atoms with Crippen LogP contribution in [0.2, 0.25) is 0 Å². The maximum absolute atomic E-state index is 12.7. The predicted octanol–water partition coefficient (Wildman–Crippen LogP) is 14.7. The lowest BCUT2D eigenvalue weighted by atomic mass is 10.0.